The highest BCUT2D eigenvalue weighted by Crippen LogP contribution is 2.17. The van der Waals surface area contributed by atoms with E-state index in [-0.39, 0.29) is 0 Å². The molecule has 0 spiro atoms. The van der Waals surface area contributed by atoms with Crippen molar-refractivity contribution in [2.75, 3.05) is 18.1 Å². The molecular weight excluding hydrogens is 342 g/mol. The molecular formula is C17H33NO4SSi. The lowest BCUT2D eigenvalue weighted by Crippen LogP contribution is -2.32. The van der Waals surface area contributed by atoms with Crippen molar-refractivity contribution in [3.05, 3.63) is 12.2 Å². The van der Waals surface area contributed by atoms with Gasteiger partial charge in [0.15, 0.2) is 0 Å². The van der Waals surface area contributed by atoms with Gasteiger partial charge in [0.1, 0.15) is 0 Å². The fourth-order valence-corrected chi connectivity index (χ4v) is 5.76. The minimum atomic E-state index is -1.26. The van der Waals surface area contributed by atoms with Crippen molar-refractivity contribution in [1.29, 1.82) is 0 Å². The van der Waals surface area contributed by atoms with Crippen LogP contribution in [0.5, 0.6) is 0 Å². The molecule has 0 radical (unpaired) electrons. The average Bonchev–Trinajstić information content (AvgIpc) is 2.49. The normalized spacial score (nSPS) is 15.8. The molecule has 0 heterocycles. The molecule has 1 aliphatic rings. The third kappa shape index (κ3) is 17.6. The monoisotopic (exact) mass is 375 g/mol. The fourth-order valence-electron chi connectivity index (χ4n) is 2.26. The van der Waals surface area contributed by atoms with Crippen LogP contribution in [0.4, 0.5) is 0 Å². The molecule has 140 valence electrons. The molecule has 1 fully saturated rings. The van der Waals surface area contributed by atoms with Crippen LogP contribution in [0.3, 0.4) is 0 Å². The van der Waals surface area contributed by atoms with E-state index in [9.17, 15) is 9.59 Å². The largest absolute Gasteiger partial charge is 0.478 e. The van der Waals surface area contributed by atoms with Crippen LogP contribution in [-0.4, -0.2) is 54.3 Å². The van der Waals surface area contributed by atoms with E-state index in [2.05, 4.69) is 36.7 Å². The van der Waals surface area contributed by atoms with Crippen molar-refractivity contribution in [2.24, 2.45) is 0 Å². The Hall–Kier alpha value is -0.793. The van der Waals surface area contributed by atoms with Gasteiger partial charge >= 0.3 is 11.9 Å². The van der Waals surface area contributed by atoms with Crippen LogP contribution >= 0.6 is 11.8 Å². The molecule has 0 aromatic rings. The summed E-state index contributed by atoms with van der Waals surface area (Å²) in [6, 6.07) is 2.31. The Bertz CT molecular complexity index is 375. The van der Waals surface area contributed by atoms with E-state index in [1.807, 2.05) is 0 Å². The van der Waals surface area contributed by atoms with Crippen LogP contribution in [0.15, 0.2) is 12.2 Å². The molecule has 0 aromatic heterocycles. The molecule has 1 rings (SSSR count). The maximum Gasteiger partial charge on any atom is 0.328 e. The van der Waals surface area contributed by atoms with E-state index in [0.29, 0.717) is 12.2 Å². The fraction of sp³-hybridized carbons (Fsp3) is 0.765. The summed E-state index contributed by atoms with van der Waals surface area (Å²) in [5, 5.41) is 19.3. The van der Waals surface area contributed by atoms with Gasteiger partial charge in [0, 0.05) is 38.6 Å². The van der Waals surface area contributed by atoms with Crippen molar-refractivity contribution in [3.63, 3.8) is 0 Å². The number of nitrogens with one attached hydrogen (secondary N) is 1. The summed E-state index contributed by atoms with van der Waals surface area (Å²) in [6.07, 6.45) is 8.30. The van der Waals surface area contributed by atoms with Crippen molar-refractivity contribution in [3.8, 4) is 0 Å². The van der Waals surface area contributed by atoms with Crippen LogP contribution < -0.4 is 5.32 Å². The standard InChI is InChI=1S/C13H29NSSi.C4H4O4/c1-16(2,3)12-11-15-10-9-14-13-7-5-4-6-8-13;5-3(6)1-2-4(7)8/h13-14H,4-12H2,1-3H3;1-2H,(H,5,6)(H,7,8)/b;2-1-. The van der Waals surface area contributed by atoms with Crippen LogP contribution in [-0.2, 0) is 9.59 Å². The summed E-state index contributed by atoms with van der Waals surface area (Å²) in [5.74, 6) is 0.170. The van der Waals surface area contributed by atoms with E-state index >= 15 is 0 Å². The Morgan fingerprint density at radius 1 is 1.04 bits per heavy atom. The summed E-state index contributed by atoms with van der Waals surface area (Å²) in [6.45, 7) is 8.62. The first-order valence-corrected chi connectivity index (χ1v) is 13.5. The van der Waals surface area contributed by atoms with Crippen molar-refractivity contribution < 1.29 is 19.8 Å². The molecule has 1 aliphatic carbocycles. The maximum atomic E-state index is 9.55. The molecule has 0 bridgehead atoms. The molecule has 0 amide bonds. The number of carbonyl (C=O) groups is 2. The van der Waals surface area contributed by atoms with Crippen LogP contribution in [0.1, 0.15) is 32.1 Å². The van der Waals surface area contributed by atoms with Gasteiger partial charge in [0.05, 0.1) is 0 Å². The zero-order valence-corrected chi connectivity index (χ0v) is 17.0. The second-order valence-corrected chi connectivity index (χ2v) is 14.1. The maximum absolute atomic E-state index is 9.55. The van der Waals surface area contributed by atoms with Gasteiger partial charge < -0.3 is 15.5 Å². The van der Waals surface area contributed by atoms with E-state index in [0.717, 1.165) is 6.04 Å². The number of thioether (sulfide) groups is 1. The van der Waals surface area contributed by atoms with E-state index in [4.69, 9.17) is 10.2 Å². The molecule has 0 saturated heterocycles. The molecule has 3 N–H and O–H groups in total. The lowest BCUT2D eigenvalue weighted by molar-refractivity contribution is -0.134. The van der Waals surface area contributed by atoms with Gasteiger partial charge in [0.2, 0.25) is 0 Å². The predicted octanol–water partition coefficient (Wildman–Crippen LogP) is 3.69. The number of hydrogen-bond donors (Lipinski definition) is 3. The topological polar surface area (TPSA) is 86.6 Å². The smallest absolute Gasteiger partial charge is 0.328 e. The molecule has 0 unspecified atom stereocenters. The van der Waals surface area contributed by atoms with Gasteiger partial charge in [-0.3, -0.25) is 0 Å². The van der Waals surface area contributed by atoms with Crippen molar-refractivity contribution in [2.45, 2.75) is 63.8 Å². The minimum Gasteiger partial charge on any atom is -0.478 e. The summed E-state index contributed by atoms with van der Waals surface area (Å²) in [7, 11) is -0.791. The van der Waals surface area contributed by atoms with Gasteiger partial charge in [-0.15, -0.1) is 0 Å². The van der Waals surface area contributed by atoms with E-state index in [1.165, 1.54) is 56.2 Å². The Labute approximate surface area is 151 Å². The van der Waals surface area contributed by atoms with Gasteiger partial charge in [-0.2, -0.15) is 11.8 Å². The van der Waals surface area contributed by atoms with Crippen molar-refractivity contribution >= 4 is 31.8 Å². The van der Waals surface area contributed by atoms with E-state index < -0.39 is 20.0 Å². The molecule has 0 aliphatic heterocycles. The lowest BCUT2D eigenvalue weighted by atomic mass is 9.96. The molecule has 1 saturated carbocycles. The minimum absolute atomic E-state index is 0.558. The summed E-state index contributed by atoms with van der Waals surface area (Å²) < 4.78 is 0. The van der Waals surface area contributed by atoms with Gasteiger partial charge in [-0.1, -0.05) is 38.9 Å². The Balaban J connectivity index is 0.000000561. The van der Waals surface area contributed by atoms with Crippen LogP contribution in [0, 0.1) is 0 Å². The molecule has 0 aromatic carbocycles. The lowest BCUT2D eigenvalue weighted by Gasteiger charge is -2.22. The number of rotatable bonds is 9. The third-order valence-electron chi connectivity index (χ3n) is 3.65. The molecule has 0 atom stereocenters. The zero-order valence-electron chi connectivity index (χ0n) is 15.2. The Morgan fingerprint density at radius 2 is 1.58 bits per heavy atom. The summed E-state index contributed by atoms with van der Waals surface area (Å²) in [4.78, 5) is 19.1. The van der Waals surface area contributed by atoms with Gasteiger partial charge in [-0.25, -0.2) is 9.59 Å². The van der Waals surface area contributed by atoms with Crippen LogP contribution in [0.2, 0.25) is 25.7 Å². The van der Waals surface area contributed by atoms with Crippen LogP contribution in [0.25, 0.3) is 0 Å². The first-order valence-electron chi connectivity index (χ1n) is 8.66. The molecule has 24 heavy (non-hydrogen) atoms. The quantitative estimate of drug-likeness (QED) is 0.324. The second-order valence-electron chi connectivity index (χ2n) is 7.22. The van der Waals surface area contributed by atoms with Gasteiger partial charge in [-0.05, 0) is 24.6 Å². The van der Waals surface area contributed by atoms with Gasteiger partial charge in [0.25, 0.3) is 0 Å². The SMILES string of the molecule is C[Si](C)(C)CCSCCNC1CCCCC1.O=C(O)/C=C\C(=O)O. The van der Waals surface area contributed by atoms with Crippen molar-refractivity contribution in [1.82, 2.24) is 5.32 Å². The Kier molecular flexibility index (Phi) is 13.0. The molecule has 7 heteroatoms. The number of carboxylic acid groups (broad SMARTS) is 2. The number of carboxylic acids is 2. The number of hydrogen-bond acceptors (Lipinski definition) is 4. The predicted molar refractivity (Wildman–Crippen MR) is 105 cm³/mol. The zero-order chi connectivity index (χ0) is 18.4. The Morgan fingerprint density at radius 3 is 2.04 bits per heavy atom. The highest BCUT2D eigenvalue weighted by Gasteiger charge is 2.13. The summed E-state index contributed by atoms with van der Waals surface area (Å²) in [5.41, 5.74) is 0. The summed E-state index contributed by atoms with van der Waals surface area (Å²) >= 11 is 2.14. The average molecular weight is 376 g/mol. The highest BCUT2D eigenvalue weighted by atomic mass is 32.2. The number of aliphatic carboxylic acids is 2. The first kappa shape index (κ1) is 23.2. The first-order chi connectivity index (χ1) is 11.2. The van der Waals surface area contributed by atoms with E-state index in [1.54, 1.807) is 0 Å². The molecule has 5 nitrogen and oxygen atoms in total. The highest BCUT2D eigenvalue weighted by molar-refractivity contribution is 7.99. The third-order valence-corrected chi connectivity index (χ3v) is 6.75. The second kappa shape index (κ2) is 13.5.